The Hall–Kier alpha value is -3.24. The minimum atomic E-state index is -3.27. The summed E-state index contributed by atoms with van der Waals surface area (Å²) < 4.78 is 36.2. The number of benzene rings is 2. The van der Waals surface area contributed by atoms with Gasteiger partial charge in [-0.3, -0.25) is 0 Å². The van der Waals surface area contributed by atoms with E-state index in [1.54, 1.807) is 24.3 Å². The van der Waals surface area contributed by atoms with E-state index in [2.05, 4.69) is 20.6 Å². The van der Waals surface area contributed by atoms with Gasteiger partial charge in [0.15, 0.2) is 15.7 Å². The van der Waals surface area contributed by atoms with E-state index in [9.17, 15) is 17.6 Å². The Morgan fingerprint density at radius 1 is 1.07 bits per heavy atom. The number of sulfone groups is 1. The minimum Gasteiger partial charge on any atom is -0.384 e. The van der Waals surface area contributed by atoms with Crippen molar-refractivity contribution < 1.29 is 17.6 Å². The molecule has 0 aliphatic carbocycles. The van der Waals surface area contributed by atoms with E-state index in [0.717, 1.165) is 12.3 Å². The highest BCUT2D eigenvalue weighted by atomic mass is 35.5. The first-order valence-electron chi connectivity index (χ1n) is 8.54. The van der Waals surface area contributed by atoms with Crippen LogP contribution in [-0.4, -0.2) is 30.7 Å². The van der Waals surface area contributed by atoms with Crippen LogP contribution in [0, 0.1) is 5.82 Å². The third kappa shape index (κ3) is 5.88. The molecule has 0 bridgehead atoms. The molecule has 4 N–H and O–H groups in total. The number of hydrogen-bond donors (Lipinski definition) is 3. The molecule has 0 fully saturated rings. The maximum atomic E-state index is 13.2. The molecular weight excluding hydrogens is 433 g/mol. The molecule has 1 aromatic heterocycles. The van der Waals surface area contributed by atoms with Crippen molar-refractivity contribution in [1.82, 2.24) is 9.97 Å². The number of urea groups is 1. The third-order valence-electron chi connectivity index (χ3n) is 3.79. The Bertz CT molecular complexity index is 1200. The molecule has 0 atom stereocenters. The van der Waals surface area contributed by atoms with Gasteiger partial charge in [0.25, 0.3) is 0 Å². The van der Waals surface area contributed by atoms with Gasteiger partial charge in [-0.25, -0.2) is 27.6 Å². The standard InChI is InChI=1S/C19H17ClFN5O3S/c1-30(28,29)10-14-9-17(22)26-18(23-14)11-2-4-12(5-3-11)24-19(27)25-13-6-7-16(21)15(20)8-13/h2-9H,10H2,1H3,(H2,22,23,26)(H2,24,25,27). The van der Waals surface area contributed by atoms with Gasteiger partial charge in [0.2, 0.25) is 0 Å². The van der Waals surface area contributed by atoms with E-state index in [4.69, 9.17) is 17.3 Å². The number of halogens is 2. The second-order valence-corrected chi connectivity index (χ2v) is 9.01. The number of rotatable bonds is 5. The number of nitrogens with one attached hydrogen (secondary N) is 2. The lowest BCUT2D eigenvalue weighted by molar-refractivity contribution is 0.262. The predicted octanol–water partition coefficient (Wildman–Crippen LogP) is 3.71. The van der Waals surface area contributed by atoms with Gasteiger partial charge in [0.1, 0.15) is 11.6 Å². The van der Waals surface area contributed by atoms with Crippen LogP contribution < -0.4 is 16.4 Å². The Morgan fingerprint density at radius 3 is 2.33 bits per heavy atom. The van der Waals surface area contributed by atoms with Gasteiger partial charge in [-0.05, 0) is 42.5 Å². The van der Waals surface area contributed by atoms with Crippen molar-refractivity contribution in [2.24, 2.45) is 0 Å². The lowest BCUT2D eigenvalue weighted by atomic mass is 10.2. The maximum Gasteiger partial charge on any atom is 0.323 e. The average molecular weight is 450 g/mol. The zero-order chi connectivity index (χ0) is 21.9. The fourth-order valence-corrected chi connectivity index (χ4v) is 3.43. The molecule has 0 spiro atoms. The molecule has 0 saturated heterocycles. The lowest BCUT2D eigenvalue weighted by Gasteiger charge is -2.09. The Morgan fingerprint density at radius 2 is 1.70 bits per heavy atom. The van der Waals surface area contributed by atoms with Crippen LogP contribution in [0.5, 0.6) is 0 Å². The van der Waals surface area contributed by atoms with Crippen LogP contribution in [0.3, 0.4) is 0 Å². The molecule has 0 saturated carbocycles. The van der Waals surface area contributed by atoms with E-state index in [-0.39, 0.29) is 22.4 Å². The summed E-state index contributed by atoms with van der Waals surface area (Å²) in [6.45, 7) is 0. The molecule has 0 aliphatic rings. The van der Waals surface area contributed by atoms with Gasteiger partial charge in [0, 0.05) is 29.3 Å². The van der Waals surface area contributed by atoms with E-state index >= 15 is 0 Å². The number of carbonyl (C=O) groups is 1. The molecule has 2 aromatic carbocycles. The second-order valence-electron chi connectivity index (χ2n) is 6.46. The topological polar surface area (TPSA) is 127 Å². The van der Waals surface area contributed by atoms with Gasteiger partial charge in [-0.15, -0.1) is 0 Å². The largest absolute Gasteiger partial charge is 0.384 e. The van der Waals surface area contributed by atoms with Crippen LogP contribution in [0.4, 0.5) is 26.4 Å². The molecule has 1 heterocycles. The zero-order valence-corrected chi connectivity index (χ0v) is 17.3. The van der Waals surface area contributed by atoms with E-state index < -0.39 is 21.7 Å². The van der Waals surface area contributed by atoms with Crippen LogP contribution in [0.2, 0.25) is 5.02 Å². The Kier molecular flexibility index (Phi) is 6.18. The summed E-state index contributed by atoms with van der Waals surface area (Å²) in [6.07, 6.45) is 1.11. The first kappa shape index (κ1) is 21.5. The molecule has 0 aliphatic heterocycles. The quantitative estimate of drug-likeness (QED) is 0.545. The number of anilines is 3. The van der Waals surface area contributed by atoms with Gasteiger partial charge in [0.05, 0.1) is 16.5 Å². The third-order valence-corrected chi connectivity index (χ3v) is 4.90. The van der Waals surface area contributed by atoms with Crippen molar-refractivity contribution in [2.45, 2.75) is 5.75 Å². The summed E-state index contributed by atoms with van der Waals surface area (Å²) >= 11 is 5.69. The van der Waals surface area contributed by atoms with Gasteiger partial charge in [-0.2, -0.15) is 0 Å². The molecule has 0 unspecified atom stereocenters. The Labute approximate surface area is 177 Å². The molecule has 3 aromatic rings. The highest BCUT2D eigenvalue weighted by Crippen LogP contribution is 2.22. The first-order valence-corrected chi connectivity index (χ1v) is 11.0. The molecule has 0 radical (unpaired) electrons. The lowest BCUT2D eigenvalue weighted by Crippen LogP contribution is -2.19. The summed E-state index contributed by atoms with van der Waals surface area (Å²) in [5.74, 6) is -0.412. The normalized spacial score (nSPS) is 11.2. The SMILES string of the molecule is CS(=O)(=O)Cc1cc(N)nc(-c2ccc(NC(=O)Nc3ccc(F)c(Cl)c3)cc2)n1. The summed E-state index contributed by atoms with van der Waals surface area (Å²) in [6, 6.07) is 11.3. The molecular formula is C19H17ClFN5O3S. The van der Waals surface area contributed by atoms with Crippen molar-refractivity contribution in [1.29, 1.82) is 0 Å². The number of aromatic nitrogens is 2. The molecule has 3 rings (SSSR count). The Balaban J connectivity index is 1.71. The van der Waals surface area contributed by atoms with Crippen molar-refractivity contribution >= 4 is 44.7 Å². The summed E-state index contributed by atoms with van der Waals surface area (Å²) in [5, 5.41) is 5.07. The van der Waals surface area contributed by atoms with Crippen molar-refractivity contribution in [3.63, 3.8) is 0 Å². The number of amides is 2. The van der Waals surface area contributed by atoms with Crippen molar-refractivity contribution in [3.8, 4) is 11.4 Å². The highest BCUT2D eigenvalue weighted by Gasteiger charge is 2.11. The molecule has 2 amide bonds. The number of hydrogen-bond acceptors (Lipinski definition) is 6. The summed E-state index contributed by atoms with van der Waals surface area (Å²) in [4.78, 5) is 20.5. The number of nitrogens with zero attached hydrogens (tertiary/aromatic N) is 2. The number of nitrogens with two attached hydrogens (primary N) is 1. The molecule has 30 heavy (non-hydrogen) atoms. The highest BCUT2D eigenvalue weighted by molar-refractivity contribution is 7.89. The predicted molar refractivity (Wildman–Crippen MR) is 114 cm³/mol. The minimum absolute atomic E-state index is 0.102. The first-order chi connectivity index (χ1) is 14.1. The second kappa shape index (κ2) is 8.64. The van der Waals surface area contributed by atoms with Crippen LogP contribution in [0.25, 0.3) is 11.4 Å². The monoisotopic (exact) mass is 449 g/mol. The summed E-state index contributed by atoms with van der Waals surface area (Å²) in [7, 11) is -3.27. The van der Waals surface area contributed by atoms with Crippen LogP contribution >= 0.6 is 11.6 Å². The molecule has 156 valence electrons. The maximum absolute atomic E-state index is 13.2. The van der Waals surface area contributed by atoms with Gasteiger partial charge in [-0.1, -0.05) is 11.6 Å². The summed E-state index contributed by atoms with van der Waals surface area (Å²) in [5.41, 5.74) is 7.45. The zero-order valence-electron chi connectivity index (χ0n) is 15.7. The van der Waals surface area contributed by atoms with Gasteiger partial charge < -0.3 is 16.4 Å². The molecule has 8 nitrogen and oxygen atoms in total. The van der Waals surface area contributed by atoms with E-state index in [1.165, 1.54) is 18.2 Å². The van der Waals surface area contributed by atoms with Crippen LogP contribution in [0.1, 0.15) is 5.69 Å². The van der Waals surface area contributed by atoms with Crippen molar-refractivity contribution in [3.05, 3.63) is 65.1 Å². The average Bonchev–Trinajstić information content (AvgIpc) is 2.63. The van der Waals surface area contributed by atoms with Crippen LogP contribution in [-0.2, 0) is 15.6 Å². The van der Waals surface area contributed by atoms with Gasteiger partial charge >= 0.3 is 6.03 Å². The van der Waals surface area contributed by atoms with Crippen molar-refractivity contribution in [2.75, 3.05) is 22.6 Å². The molecule has 11 heteroatoms. The fourth-order valence-electron chi connectivity index (χ4n) is 2.56. The number of carbonyl (C=O) groups excluding carboxylic acids is 1. The van der Waals surface area contributed by atoms with E-state index in [1.807, 2.05) is 0 Å². The fraction of sp³-hybridized carbons (Fsp3) is 0.105. The number of nitrogen functional groups attached to an aromatic ring is 1. The smallest absolute Gasteiger partial charge is 0.323 e. The van der Waals surface area contributed by atoms with Crippen LogP contribution in [0.15, 0.2) is 48.5 Å². The van der Waals surface area contributed by atoms with E-state index in [0.29, 0.717) is 22.6 Å².